The van der Waals surface area contributed by atoms with Crippen molar-refractivity contribution in [2.75, 3.05) is 26.6 Å². The Kier molecular flexibility index (Phi) is 8.47. The first-order valence-electron chi connectivity index (χ1n) is 9.89. The van der Waals surface area contributed by atoms with Gasteiger partial charge in [0.25, 0.3) is 0 Å². The van der Waals surface area contributed by atoms with E-state index in [1.165, 1.54) is 17.8 Å². The Morgan fingerprint density at radius 3 is 2.23 bits per heavy atom. The molecule has 0 atom stereocenters. The van der Waals surface area contributed by atoms with Crippen LogP contribution in [-0.4, -0.2) is 50.0 Å². The van der Waals surface area contributed by atoms with Gasteiger partial charge < -0.3 is 23.5 Å². The second-order valence-electron chi connectivity index (χ2n) is 7.69. The van der Waals surface area contributed by atoms with Gasteiger partial charge in [-0.3, -0.25) is 4.79 Å². The molecule has 6 nitrogen and oxygen atoms in total. The zero-order chi connectivity index (χ0) is 22.4. The maximum atomic E-state index is 11.9. The zero-order valence-electron chi connectivity index (χ0n) is 18.8. The van der Waals surface area contributed by atoms with Crippen molar-refractivity contribution in [1.82, 2.24) is 0 Å². The second kappa shape index (κ2) is 10.4. The number of thioether (sulfide) groups is 1. The lowest BCUT2D eigenvalue weighted by Gasteiger charge is -2.32. The molecule has 1 fully saturated rings. The topological polar surface area (TPSA) is 63.2 Å². The lowest BCUT2D eigenvalue weighted by molar-refractivity contribution is -0.106. The molecule has 8 heteroatoms. The molecule has 1 heterocycles. The second-order valence-corrected chi connectivity index (χ2v) is 8.96. The van der Waals surface area contributed by atoms with Gasteiger partial charge in [-0.05, 0) is 51.7 Å². The van der Waals surface area contributed by atoms with Crippen LogP contribution in [-0.2, 0) is 14.1 Å². The van der Waals surface area contributed by atoms with Gasteiger partial charge in [-0.2, -0.15) is 0 Å². The lowest BCUT2D eigenvalue weighted by atomic mass is 9.90. The maximum absolute atomic E-state index is 11.9. The molecule has 30 heavy (non-hydrogen) atoms. The minimum atomic E-state index is -0.424. The van der Waals surface area contributed by atoms with Gasteiger partial charge in [-0.15, -0.1) is 0 Å². The van der Waals surface area contributed by atoms with E-state index in [2.05, 4.69) is 0 Å². The molecule has 0 aliphatic carbocycles. The first kappa shape index (κ1) is 24.4. The molecule has 1 aromatic carbocycles. The third kappa shape index (κ3) is 6.06. The smallest absolute Gasteiger partial charge is 0.486 e. The van der Waals surface area contributed by atoms with Gasteiger partial charge in [0.15, 0.2) is 11.5 Å². The molecule has 0 N–H and O–H groups in total. The Balaban J connectivity index is 2.12. The zero-order valence-corrected chi connectivity index (χ0v) is 19.6. The van der Waals surface area contributed by atoms with Crippen molar-refractivity contribution in [2.24, 2.45) is 0 Å². The molecule has 1 aromatic rings. The minimum absolute atomic E-state index is 0.0149. The van der Waals surface area contributed by atoms with Crippen LogP contribution >= 0.6 is 11.8 Å². The quantitative estimate of drug-likeness (QED) is 0.417. The summed E-state index contributed by atoms with van der Waals surface area (Å²) in [7, 11) is 2.71. The average Bonchev–Trinajstić information content (AvgIpc) is 2.90. The first-order valence-corrected chi connectivity index (χ1v) is 10.9. The number of ether oxygens (including phenoxy) is 3. The molecule has 1 saturated heterocycles. The minimum Gasteiger partial charge on any atom is -0.493 e. The molecule has 1 aliphatic heterocycles. The molecule has 0 spiro atoms. The van der Waals surface area contributed by atoms with E-state index in [0.29, 0.717) is 23.9 Å². The molecule has 2 rings (SSSR count). The highest BCUT2D eigenvalue weighted by molar-refractivity contribution is 8.14. The van der Waals surface area contributed by atoms with Crippen LogP contribution in [0, 0.1) is 0 Å². The van der Waals surface area contributed by atoms with Crippen molar-refractivity contribution in [3.8, 4) is 17.2 Å². The lowest BCUT2D eigenvalue weighted by Crippen LogP contribution is -2.41. The van der Waals surface area contributed by atoms with Gasteiger partial charge in [0.05, 0.1) is 25.4 Å². The largest absolute Gasteiger partial charge is 0.493 e. The van der Waals surface area contributed by atoms with Gasteiger partial charge in [-0.25, -0.2) is 0 Å². The summed E-state index contributed by atoms with van der Waals surface area (Å²) in [6.07, 6.45) is 5.10. The number of hydrogen-bond donors (Lipinski definition) is 0. The third-order valence-corrected chi connectivity index (χ3v) is 5.81. The van der Waals surface area contributed by atoms with Crippen molar-refractivity contribution in [1.29, 1.82) is 0 Å². The number of benzene rings is 1. The molecule has 0 unspecified atom stereocenters. The highest BCUT2D eigenvalue weighted by atomic mass is 32.2. The van der Waals surface area contributed by atoms with Crippen molar-refractivity contribution in [3.05, 3.63) is 35.8 Å². The van der Waals surface area contributed by atoms with Gasteiger partial charge in [0, 0.05) is 11.6 Å². The van der Waals surface area contributed by atoms with E-state index in [9.17, 15) is 4.79 Å². The highest BCUT2D eigenvalue weighted by Crippen LogP contribution is 2.37. The molecule has 164 valence electrons. The van der Waals surface area contributed by atoms with Crippen LogP contribution < -0.4 is 14.2 Å². The van der Waals surface area contributed by atoms with E-state index in [1.54, 1.807) is 32.4 Å². The molecule has 0 bridgehead atoms. The van der Waals surface area contributed by atoms with E-state index in [4.69, 9.17) is 23.5 Å². The summed E-state index contributed by atoms with van der Waals surface area (Å²) in [6, 6.07) is 3.53. The van der Waals surface area contributed by atoms with E-state index in [1.807, 2.05) is 46.7 Å². The van der Waals surface area contributed by atoms with Gasteiger partial charge in [-0.1, -0.05) is 30.7 Å². The summed E-state index contributed by atoms with van der Waals surface area (Å²) >= 11 is 1.25. The fourth-order valence-electron chi connectivity index (χ4n) is 2.75. The first-order chi connectivity index (χ1) is 14.1. The molecule has 0 aromatic heterocycles. The van der Waals surface area contributed by atoms with Crippen molar-refractivity contribution in [2.45, 2.75) is 45.8 Å². The van der Waals surface area contributed by atoms with E-state index in [0.717, 1.165) is 11.3 Å². The summed E-state index contributed by atoms with van der Waals surface area (Å²) in [5.41, 5.74) is -0.0396. The van der Waals surface area contributed by atoms with Gasteiger partial charge in [0.2, 0.25) is 5.12 Å². The van der Waals surface area contributed by atoms with Crippen LogP contribution in [0.5, 0.6) is 17.2 Å². The predicted molar refractivity (Wildman–Crippen MR) is 122 cm³/mol. The van der Waals surface area contributed by atoms with Crippen molar-refractivity contribution in [3.63, 3.8) is 0 Å². The van der Waals surface area contributed by atoms with E-state index >= 15 is 0 Å². The summed E-state index contributed by atoms with van der Waals surface area (Å²) in [5, 5.41) is -0.0149. The van der Waals surface area contributed by atoms with Crippen LogP contribution in [0.4, 0.5) is 0 Å². The average molecular weight is 434 g/mol. The van der Waals surface area contributed by atoms with Crippen molar-refractivity contribution >= 4 is 30.1 Å². The molecule has 0 saturated carbocycles. The van der Waals surface area contributed by atoms with Crippen LogP contribution in [0.1, 0.15) is 40.2 Å². The van der Waals surface area contributed by atoms with E-state index in [-0.39, 0.29) is 16.3 Å². The third-order valence-electron chi connectivity index (χ3n) is 5.10. The van der Waals surface area contributed by atoms with Gasteiger partial charge in [0.1, 0.15) is 12.4 Å². The standard InChI is InChI=1S/C22H31BO6S/c1-8-30-20(24)11-10-16-14-18(25-6)19(26-7)15-17(16)27-13-9-12-23-28-21(2,3)22(4,5)29-23/h9-12,14-15H,8,13H2,1-7H3/b11-10-,12-9+. The van der Waals surface area contributed by atoms with E-state index < -0.39 is 7.12 Å². The fourth-order valence-corrected chi connectivity index (χ4v) is 3.20. The summed E-state index contributed by atoms with van der Waals surface area (Å²) < 4.78 is 28.6. The van der Waals surface area contributed by atoms with Crippen LogP contribution in [0.25, 0.3) is 6.08 Å². The number of carbonyl (C=O) groups is 1. The summed E-state index contributed by atoms with van der Waals surface area (Å²) in [6.45, 7) is 10.3. The Bertz CT molecular complexity index is 787. The monoisotopic (exact) mass is 434 g/mol. The van der Waals surface area contributed by atoms with Gasteiger partial charge >= 0.3 is 7.12 Å². The normalized spacial score (nSPS) is 17.6. The Hall–Kier alpha value is -1.90. The Morgan fingerprint density at radius 2 is 1.67 bits per heavy atom. The number of carbonyl (C=O) groups excluding carboxylic acids is 1. The fraction of sp³-hybridized carbons (Fsp3) is 0.500. The summed E-state index contributed by atoms with van der Waals surface area (Å²) in [4.78, 5) is 11.9. The number of hydrogen-bond acceptors (Lipinski definition) is 7. The van der Waals surface area contributed by atoms with Crippen LogP contribution in [0.2, 0.25) is 0 Å². The number of methoxy groups -OCH3 is 2. The molecule has 0 radical (unpaired) electrons. The Morgan fingerprint density at radius 1 is 1.07 bits per heavy atom. The SMILES string of the molecule is CCSC(=O)/C=C\c1cc(OC)c(OC)cc1OC/C=C/B1OC(C)(C)C(C)(C)O1. The molecular weight excluding hydrogens is 403 g/mol. The number of rotatable bonds is 9. The van der Waals surface area contributed by atoms with Crippen molar-refractivity contribution < 1.29 is 28.3 Å². The predicted octanol–water partition coefficient (Wildman–Crippen LogP) is 4.56. The van der Waals surface area contributed by atoms with Crippen LogP contribution in [0.3, 0.4) is 0 Å². The summed E-state index contributed by atoms with van der Waals surface area (Å²) in [5.74, 6) is 4.26. The molecule has 1 aliphatic rings. The molecule has 0 amide bonds. The van der Waals surface area contributed by atoms with Crippen LogP contribution in [0.15, 0.2) is 30.3 Å². The highest BCUT2D eigenvalue weighted by Gasteiger charge is 2.49. The maximum Gasteiger partial charge on any atom is 0.486 e. The Labute approximate surface area is 184 Å². The molecular formula is C22H31BO6S.